The summed E-state index contributed by atoms with van der Waals surface area (Å²) in [5, 5.41) is 3.59. The van der Waals surface area contributed by atoms with Crippen LogP contribution in [0.2, 0.25) is 0 Å². The molecule has 2 unspecified atom stereocenters. The maximum absolute atomic E-state index is 6.52. The summed E-state index contributed by atoms with van der Waals surface area (Å²) in [4.78, 5) is 0. The number of morpholine rings is 1. The summed E-state index contributed by atoms with van der Waals surface area (Å²) >= 11 is 0. The van der Waals surface area contributed by atoms with Gasteiger partial charge in [-0.15, -0.1) is 0 Å². The Morgan fingerprint density at radius 1 is 1.13 bits per heavy atom. The van der Waals surface area contributed by atoms with E-state index in [1.54, 1.807) is 0 Å². The minimum absolute atomic E-state index is 0.0415. The molecule has 0 bridgehead atoms. The van der Waals surface area contributed by atoms with Crippen molar-refractivity contribution in [2.45, 2.75) is 64.6 Å². The summed E-state index contributed by atoms with van der Waals surface area (Å²) in [6, 6.07) is 0. The zero-order chi connectivity index (χ0) is 11.2. The van der Waals surface area contributed by atoms with Crippen LogP contribution in [0.5, 0.6) is 0 Å². The van der Waals surface area contributed by atoms with E-state index in [1.165, 1.54) is 19.3 Å². The lowest BCUT2D eigenvalue weighted by Crippen LogP contribution is -2.62. The van der Waals surface area contributed by atoms with Gasteiger partial charge in [0.05, 0.1) is 11.2 Å². The van der Waals surface area contributed by atoms with Gasteiger partial charge in [-0.2, -0.15) is 0 Å². The quantitative estimate of drug-likeness (QED) is 0.720. The van der Waals surface area contributed by atoms with Crippen LogP contribution in [-0.4, -0.2) is 24.3 Å². The Labute approximate surface area is 93.8 Å². The number of hydrogen-bond donors (Lipinski definition) is 1. The van der Waals surface area contributed by atoms with Crippen molar-refractivity contribution in [1.82, 2.24) is 5.32 Å². The molecule has 1 aliphatic heterocycles. The van der Waals surface area contributed by atoms with Crippen molar-refractivity contribution in [3.8, 4) is 0 Å². The Bertz CT molecular complexity index is 251. The second-order valence-electron chi connectivity index (χ2n) is 6.24. The summed E-state index contributed by atoms with van der Waals surface area (Å²) in [5.41, 5.74) is 0.465. The van der Waals surface area contributed by atoms with Crippen molar-refractivity contribution >= 4 is 0 Å². The zero-order valence-electron chi connectivity index (χ0n) is 10.7. The van der Waals surface area contributed by atoms with Crippen LogP contribution < -0.4 is 5.32 Å². The van der Waals surface area contributed by atoms with E-state index in [2.05, 4.69) is 33.0 Å². The standard InChI is InChI=1S/C13H25NO/c1-5-12(4)9-14-10-13(15-12)8-6-7-11(13,2)3/h14H,5-10H2,1-4H3. The fraction of sp³-hybridized carbons (Fsp3) is 1.00. The van der Waals surface area contributed by atoms with Crippen molar-refractivity contribution in [2.75, 3.05) is 13.1 Å². The van der Waals surface area contributed by atoms with Crippen molar-refractivity contribution in [1.29, 1.82) is 0 Å². The van der Waals surface area contributed by atoms with Gasteiger partial charge in [-0.3, -0.25) is 0 Å². The third-order valence-electron chi connectivity index (χ3n) is 4.71. The number of ether oxygens (including phenoxy) is 1. The minimum atomic E-state index is 0.0415. The van der Waals surface area contributed by atoms with Crippen LogP contribution in [-0.2, 0) is 4.74 Å². The predicted molar refractivity (Wildman–Crippen MR) is 63.0 cm³/mol. The molecule has 0 aromatic heterocycles. The van der Waals surface area contributed by atoms with Gasteiger partial charge in [0.2, 0.25) is 0 Å². The van der Waals surface area contributed by atoms with Crippen LogP contribution in [0, 0.1) is 5.41 Å². The van der Waals surface area contributed by atoms with Gasteiger partial charge in [0, 0.05) is 13.1 Å². The Hall–Kier alpha value is -0.0800. The molecule has 2 aliphatic rings. The van der Waals surface area contributed by atoms with Crippen LogP contribution in [0.1, 0.15) is 53.4 Å². The molecule has 1 saturated heterocycles. The average Bonchev–Trinajstić information content (AvgIpc) is 2.42. The van der Waals surface area contributed by atoms with Crippen molar-refractivity contribution in [3.05, 3.63) is 0 Å². The van der Waals surface area contributed by atoms with E-state index in [0.29, 0.717) is 5.41 Å². The maximum atomic E-state index is 6.52. The SMILES string of the molecule is CCC1(C)CNCC2(CCCC2(C)C)O1. The molecule has 0 aromatic rings. The highest BCUT2D eigenvalue weighted by Crippen LogP contribution is 2.51. The van der Waals surface area contributed by atoms with Crippen molar-refractivity contribution in [3.63, 3.8) is 0 Å². The van der Waals surface area contributed by atoms with Gasteiger partial charge < -0.3 is 10.1 Å². The highest BCUT2D eigenvalue weighted by Gasteiger charge is 2.54. The Kier molecular flexibility index (Phi) is 2.63. The molecule has 2 fully saturated rings. The van der Waals surface area contributed by atoms with Gasteiger partial charge >= 0.3 is 0 Å². The highest BCUT2D eigenvalue weighted by molar-refractivity contribution is 5.06. The van der Waals surface area contributed by atoms with Gasteiger partial charge in [0.15, 0.2) is 0 Å². The molecular formula is C13H25NO. The van der Waals surface area contributed by atoms with E-state index in [1.807, 2.05) is 0 Å². The lowest BCUT2D eigenvalue weighted by Gasteiger charge is -2.51. The first-order valence-electron chi connectivity index (χ1n) is 6.34. The number of nitrogens with one attached hydrogen (secondary N) is 1. The molecule has 0 radical (unpaired) electrons. The van der Waals surface area contributed by atoms with Gasteiger partial charge in [-0.25, -0.2) is 0 Å². The van der Waals surface area contributed by atoms with Gasteiger partial charge in [-0.05, 0) is 38.0 Å². The van der Waals surface area contributed by atoms with E-state index in [4.69, 9.17) is 4.74 Å². The van der Waals surface area contributed by atoms with E-state index in [-0.39, 0.29) is 11.2 Å². The molecule has 1 saturated carbocycles. The van der Waals surface area contributed by atoms with Crippen molar-refractivity contribution in [2.24, 2.45) is 5.41 Å². The second-order valence-corrected chi connectivity index (χ2v) is 6.24. The normalized spacial score (nSPS) is 44.8. The molecule has 1 aliphatic carbocycles. The monoisotopic (exact) mass is 211 g/mol. The lowest BCUT2D eigenvalue weighted by molar-refractivity contribution is -0.207. The average molecular weight is 211 g/mol. The third-order valence-corrected chi connectivity index (χ3v) is 4.71. The Balaban J connectivity index is 2.22. The first-order chi connectivity index (χ1) is 6.93. The van der Waals surface area contributed by atoms with E-state index in [0.717, 1.165) is 19.5 Å². The van der Waals surface area contributed by atoms with Crippen molar-refractivity contribution < 1.29 is 4.74 Å². The molecule has 1 heterocycles. The molecule has 2 rings (SSSR count). The number of rotatable bonds is 1. The van der Waals surface area contributed by atoms with E-state index >= 15 is 0 Å². The fourth-order valence-electron chi connectivity index (χ4n) is 3.17. The molecule has 88 valence electrons. The molecular weight excluding hydrogens is 186 g/mol. The topological polar surface area (TPSA) is 21.3 Å². The van der Waals surface area contributed by atoms with Gasteiger partial charge in [-0.1, -0.05) is 20.8 Å². The third kappa shape index (κ3) is 1.72. The molecule has 15 heavy (non-hydrogen) atoms. The van der Waals surface area contributed by atoms with Crippen LogP contribution >= 0.6 is 0 Å². The van der Waals surface area contributed by atoms with Crippen LogP contribution in [0.4, 0.5) is 0 Å². The lowest BCUT2D eigenvalue weighted by atomic mass is 9.75. The first kappa shape index (κ1) is 11.4. The largest absolute Gasteiger partial charge is 0.366 e. The maximum Gasteiger partial charge on any atom is 0.0864 e. The highest BCUT2D eigenvalue weighted by atomic mass is 16.5. The van der Waals surface area contributed by atoms with Gasteiger partial charge in [0.25, 0.3) is 0 Å². The van der Waals surface area contributed by atoms with E-state index < -0.39 is 0 Å². The van der Waals surface area contributed by atoms with Gasteiger partial charge in [0.1, 0.15) is 0 Å². The van der Waals surface area contributed by atoms with E-state index in [9.17, 15) is 0 Å². The Morgan fingerprint density at radius 3 is 2.40 bits per heavy atom. The minimum Gasteiger partial charge on any atom is -0.366 e. The molecule has 1 N–H and O–H groups in total. The van der Waals surface area contributed by atoms with Crippen LogP contribution in [0.3, 0.4) is 0 Å². The summed E-state index contributed by atoms with van der Waals surface area (Å²) in [6.07, 6.45) is 4.93. The fourth-order valence-corrected chi connectivity index (χ4v) is 3.17. The van der Waals surface area contributed by atoms with Crippen LogP contribution in [0.15, 0.2) is 0 Å². The first-order valence-corrected chi connectivity index (χ1v) is 6.34. The Morgan fingerprint density at radius 2 is 1.87 bits per heavy atom. The predicted octanol–water partition coefficient (Wildman–Crippen LogP) is 2.72. The summed E-state index contributed by atoms with van der Waals surface area (Å²) in [7, 11) is 0. The molecule has 2 heteroatoms. The smallest absolute Gasteiger partial charge is 0.0864 e. The molecule has 0 amide bonds. The summed E-state index contributed by atoms with van der Waals surface area (Å²) in [5.74, 6) is 0. The second kappa shape index (κ2) is 3.46. The summed E-state index contributed by atoms with van der Waals surface area (Å²) < 4.78 is 6.52. The molecule has 2 nitrogen and oxygen atoms in total. The summed E-state index contributed by atoms with van der Waals surface area (Å²) in [6.45, 7) is 11.2. The molecule has 0 aromatic carbocycles. The van der Waals surface area contributed by atoms with Crippen LogP contribution in [0.25, 0.3) is 0 Å². The molecule has 1 spiro atoms. The number of hydrogen-bond acceptors (Lipinski definition) is 2. The zero-order valence-corrected chi connectivity index (χ0v) is 10.7. The molecule has 2 atom stereocenters.